The topological polar surface area (TPSA) is 80.0 Å². The highest BCUT2D eigenvalue weighted by Gasteiger charge is 2.33. The van der Waals surface area contributed by atoms with E-state index in [0.29, 0.717) is 17.2 Å². The summed E-state index contributed by atoms with van der Waals surface area (Å²) in [5.74, 6) is 0.138. The Kier molecular flexibility index (Phi) is 3.83. The van der Waals surface area contributed by atoms with E-state index in [4.69, 9.17) is 0 Å². The summed E-state index contributed by atoms with van der Waals surface area (Å²) in [5, 5.41) is 16.9. The van der Waals surface area contributed by atoms with Gasteiger partial charge in [-0.2, -0.15) is 5.10 Å². The van der Waals surface area contributed by atoms with Crippen molar-refractivity contribution in [1.82, 2.24) is 14.8 Å². The SMILES string of the molecule is CC[C@H](C)n1ncc(C(=O)Nc2ccncc2O)c1C1CC1. The number of hydrogen-bond donors (Lipinski definition) is 2. The molecule has 3 rings (SSSR count). The Morgan fingerprint density at radius 1 is 1.50 bits per heavy atom. The van der Waals surface area contributed by atoms with Gasteiger partial charge in [-0.1, -0.05) is 6.92 Å². The van der Waals surface area contributed by atoms with Crippen LogP contribution in [-0.2, 0) is 0 Å². The number of hydrogen-bond acceptors (Lipinski definition) is 4. The molecule has 1 aliphatic carbocycles. The number of amides is 1. The first-order valence-electron chi connectivity index (χ1n) is 7.63. The quantitative estimate of drug-likeness (QED) is 0.889. The van der Waals surface area contributed by atoms with Crippen LogP contribution in [0.1, 0.15) is 61.1 Å². The maximum atomic E-state index is 12.5. The Hall–Kier alpha value is -2.37. The molecule has 1 fully saturated rings. The van der Waals surface area contributed by atoms with E-state index in [2.05, 4.69) is 29.2 Å². The fourth-order valence-corrected chi connectivity index (χ4v) is 2.52. The van der Waals surface area contributed by atoms with Gasteiger partial charge in [-0.15, -0.1) is 0 Å². The molecule has 1 amide bonds. The highest BCUT2D eigenvalue weighted by Crippen LogP contribution is 2.43. The smallest absolute Gasteiger partial charge is 0.259 e. The van der Waals surface area contributed by atoms with Crippen LogP contribution in [0.25, 0.3) is 0 Å². The van der Waals surface area contributed by atoms with E-state index in [1.807, 2.05) is 4.68 Å². The van der Waals surface area contributed by atoms with Gasteiger partial charge in [0.15, 0.2) is 5.75 Å². The van der Waals surface area contributed by atoms with Gasteiger partial charge in [0.2, 0.25) is 0 Å². The van der Waals surface area contributed by atoms with Gasteiger partial charge in [0.1, 0.15) is 0 Å². The number of carbonyl (C=O) groups excluding carboxylic acids is 1. The summed E-state index contributed by atoms with van der Waals surface area (Å²) in [6.45, 7) is 4.22. The third kappa shape index (κ3) is 2.68. The van der Waals surface area contributed by atoms with Crippen LogP contribution in [0.5, 0.6) is 5.75 Å². The van der Waals surface area contributed by atoms with Crippen molar-refractivity contribution >= 4 is 11.6 Å². The lowest BCUT2D eigenvalue weighted by Crippen LogP contribution is -2.16. The monoisotopic (exact) mass is 300 g/mol. The first-order valence-corrected chi connectivity index (χ1v) is 7.63. The summed E-state index contributed by atoms with van der Waals surface area (Å²) in [4.78, 5) is 16.3. The predicted molar refractivity (Wildman–Crippen MR) is 83.1 cm³/mol. The first-order chi connectivity index (χ1) is 10.6. The third-order valence-corrected chi connectivity index (χ3v) is 4.10. The second kappa shape index (κ2) is 5.79. The molecule has 0 saturated heterocycles. The molecular formula is C16H20N4O2. The zero-order valence-electron chi connectivity index (χ0n) is 12.8. The van der Waals surface area contributed by atoms with Gasteiger partial charge in [0, 0.05) is 18.2 Å². The van der Waals surface area contributed by atoms with Crippen LogP contribution in [0.4, 0.5) is 5.69 Å². The number of pyridine rings is 1. The van der Waals surface area contributed by atoms with Gasteiger partial charge in [-0.3, -0.25) is 14.5 Å². The molecule has 6 nitrogen and oxygen atoms in total. The summed E-state index contributed by atoms with van der Waals surface area (Å²) in [6.07, 6.45) is 7.63. The van der Waals surface area contributed by atoms with E-state index in [9.17, 15) is 9.90 Å². The lowest BCUT2D eigenvalue weighted by molar-refractivity contribution is 0.102. The maximum Gasteiger partial charge on any atom is 0.259 e. The first kappa shape index (κ1) is 14.6. The number of aromatic nitrogens is 3. The Morgan fingerprint density at radius 2 is 2.27 bits per heavy atom. The van der Waals surface area contributed by atoms with Crippen LogP contribution in [0.15, 0.2) is 24.7 Å². The second-order valence-electron chi connectivity index (χ2n) is 5.77. The van der Waals surface area contributed by atoms with Gasteiger partial charge < -0.3 is 10.4 Å². The average molecular weight is 300 g/mol. The normalized spacial score (nSPS) is 15.5. The van der Waals surface area contributed by atoms with Gasteiger partial charge in [-0.25, -0.2) is 0 Å². The highest BCUT2D eigenvalue weighted by molar-refractivity contribution is 6.05. The molecule has 116 valence electrons. The molecule has 0 radical (unpaired) electrons. The number of nitrogens with zero attached hydrogens (tertiary/aromatic N) is 3. The van der Waals surface area contributed by atoms with Crippen molar-refractivity contribution in [3.05, 3.63) is 35.9 Å². The average Bonchev–Trinajstić information content (AvgIpc) is 3.26. The zero-order chi connectivity index (χ0) is 15.7. The molecule has 1 atom stereocenters. The largest absolute Gasteiger partial charge is 0.504 e. The van der Waals surface area contributed by atoms with Crippen molar-refractivity contribution in [2.75, 3.05) is 5.32 Å². The number of aromatic hydroxyl groups is 1. The van der Waals surface area contributed by atoms with E-state index in [1.165, 1.54) is 12.4 Å². The van der Waals surface area contributed by atoms with Gasteiger partial charge in [0.25, 0.3) is 5.91 Å². The molecule has 22 heavy (non-hydrogen) atoms. The van der Waals surface area contributed by atoms with E-state index < -0.39 is 0 Å². The lowest BCUT2D eigenvalue weighted by atomic mass is 10.1. The summed E-state index contributed by atoms with van der Waals surface area (Å²) in [5.41, 5.74) is 1.97. The van der Waals surface area contributed by atoms with Crippen molar-refractivity contribution in [3.63, 3.8) is 0 Å². The standard InChI is InChI=1S/C16H20N4O2/c1-3-10(2)20-15(11-4-5-11)12(8-18-20)16(22)19-13-6-7-17-9-14(13)21/h6-11,21H,3-5H2,1-2H3,(H,17,19,22)/t10-/m0/s1. The molecule has 2 N–H and O–H groups in total. The summed E-state index contributed by atoms with van der Waals surface area (Å²) >= 11 is 0. The van der Waals surface area contributed by atoms with E-state index >= 15 is 0 Å². The third-order valence-electron chi connectivity index (χ3n) is 4.10. The minimum Gasteiger partial charge on any atom is -0.504 e. The molecular weight excluding hydrogens is 280 g/mol. The summed E-state index contributed by atoms with van der Waals surface area (Å²) in [6, 6.07) is 1.84. The van der Waals surface area contributed by atoms with Crippen molar-refractivity contribution in [2.45, 2.75) is 45.1 Å². The number of rotatable bonds is 5. The molecule has 6 heteroatoms. The maximum absolute atomic E-state index is 12.5. The summed E-state index contributed by atoms with van der Waals surface area (Å²) < 4.78 is 1.97. The molecule has 1 aliphatic rings. The lowest BCUT2D eigenvalue weighted by Gasteiger charge is -2.14. The van der Waals surface area contributed by atoms with Gasteiger partial charge in [-0.05, 0) is 32.3 Å². The molecule has 0 aliphatic heterocycles. The molecule has 2 aromatic rings. The summed E-state index contributed by atoms with van der Waals surface area (Å²) in [7, 11) is 0. The van der Waals surface area contributed by atoms with E-state index in [1.54, 1.807) is 12.3 Å². The Bertz CT molecular complexity index is 691. The zero-order valence-corrected chi connectivity index (χ0v) is 12.8. The van der Waals surface area contributed by atoms with Gasteiger partial charge in [0.05, 0.1) is 29.3 Å². The van der Waals surface area contributed by atoms with E-state index in [-0.39, 0.29) is 17.7 Å². The Labute approximate surface area is 129 Å². The van der Waals surface area contributed by atoms with Crippen LogP contribution in [0.2, 0.25) is 0 Å². The van der Waals surface area contributed by atoms with E-state index in [0.717, 1.165) is 25.0 Å². The number of nitrogens with one attached hydrogen (secondary N) is 1. The molecule has 2 aromatic heterocycles. The fraction of sp³-hybridized carbons (Fsp3) is 0.438. The molecule has 0 spiro atoms. The van der Waals surface area contributed by atoms with Crippen LogP contribution in [0, 0.1) is 0 Å². The molecule has 2 heterocycles. The number of anilines is 1. The molecule has 0 aromatic carbocycles. The molecule has 1 saturated carbocycles. The van der Waals surface area contributed by atoms with Crippen LogP contribution in [0.3, 0.4) is 0 Å². The van der Waals surface area contributed by atoms with Crippen LogP contribution >= 0.6 is 0 Å². The minimum atomic E-state index is -0.238. The fourth-order valence-electron chi connectivity index (χ4n) is 2.52. The molecule has 0 bridgehead atoms. The van der Waals surface area contributed by atoms with Crippen molar-refractivity contribution < 1.29 is 9.90 Å². The van der Waals surface area contributed by atoms with Crippen molar-refractivity contribution in [1.29, 1.82) is 0 Å². The Balaban J connectivity index is 1.90. The van der Waals surface area contributed by atoms with Crippen LogP contribution < -0.4 is 5.32 Å². The minimum absolute atomic E-state index is 0.0434. The Morgan fingerprint density at radius 3 is 2.91 bits per heavy atom. The van der Waals surface area contributed by atoms with Gasteiger partial charge >= 0.3 is 0 Å². The van der Waals surface area contributed by atoms with Crippen molar-refractivity contribution in [3.8, 4) is 5.75 Å². The highest BCUT2D eigenvalue weighted by atomic mass is 16.3. The van der Waals surface area contributed by atoms with Crippen LogP contribution in [-0.4, -0.2) is 25.8 Å². The van der Waals surface area contributed by atoms with Crippen molar-refractivity contribution in [2.24, 2.45) is 0 Å². The number of carbonyl (C=O) groups is 1. The molecule has 0 unspecified atom stereocenters. The second-order valence-corrected chi connectivity index (χ2v) is 5.77. The predicted octanol–water partition coefficient (Wildman–Crippen LogP) is 3.08.